The molecule has 12 heteroatoms. The van der Waals surface area contributed by atoms with Crippen LogP contribution in [0.3, 0.4) is 0 Å². The molecule has 11 nitrogen and oxygen atoms in total. The molecule has 4 saturated carbocycles. The highest BCUT2D eigenvalue weighted by Gasteiger charge is 2.67. The van der Waals surface area contributed by atoms with E-state index in [0.717, 1.165) is 32.1 Å². The molecule has 0 aromatic rings. The monoisotopic (exact) mass is 642 g/mol. The number of carbonyl (C=O) groups is 4. The third kappa shape index (κ3) is 7.26. The Balaban J connectivity index is 1.59. The molecule has 5 unspecified atom stereocenters. The van der Waals surface area contributed by atoms with Crippen LogP contribution in [0.4, 0.5) is 0 Å². The van der Waals surface area contributed by atoms with Gasteiger partial charge in [0.1, 0.15) is 30.7 Å². The van der Waals surface area contributed by atoms with E-state index in [-0.39, 0.29) is 83.6 Å². The van der Waals surface area contributed by atoms with Crippen molar-refractivity contribution in [1.29, 1.82) is 0 Å². The lowest BCUT2D eigenvalue weighted by atomic mass is 9.43. The molecular weight excluding hydrogens is 592 g/mol. The largest absolute Gasteiger partial charge is 0.464 e. The summed E-state index contributed by atoms with van der Waals surface area (Å²) in [5, 5.41) is 0. The predicted molar refractivity (Wildman–Crippen MR) is 158 cm³/mol. The standard InChI is InChI=1S/C32H50O11S/c1-18(7-10-29(36)40-13-14-44(37,38)39)24-8-9-25-30-26(17-28(32(24,25)6)43-21(4)35)31(5)12-11-23(41-19(2)33)15-22(31)16-27(30)42-20(3)34/h18,22-28,30H,7-17H2,1-6H3,(H,37,38,39)/t18-,22?,23?,24-,25+,26+,27?,28?,30+,31+,32?/m1/s1. The molecule has 11 atom stereocenters. The fraction of sp³-hybridized carbons (Fsp3) is 0.875. The first kappa shape index (κ1) is 34.7. The predicted octanol–water partition coefficient (Wildman–Crippen LogP) is 4.51. The Morgan fingerprint density at radius 3 is 2.16 bits per heavy atom. The average molecular weight is 643 g/mol. The molecule has 0 radical (unpaired) electrons. The zero-order valence-electron chi connectivity index (χ0n) is 26.9. The average Bonchev–Trinajstić information content (AvgIpc) is 3.25. The number of carbonyl (C=O) groups excluding carboxylic acids is 4. The van der Waals surface area contributed by atoms with E-state index >= 15 is 0 Å². The molecule has 250 valence electrons. The van der Waals surface area contributed by atoms with Crippen molar-refractivity contribution < 1.29 is 51.1 Å². The van der Waals surface area contributed by atoms with Crippen molar-refractivity contribution in [3.8, 4) is 0 Å². The first-order chi connectivity index (χ1) is 20.5. The van der Waals surface area contributed by atoms with Crippen LogP contribution in [0.25, 0.3) is 0 Å². The minimum atomic E-state index is -4.21. The fourth-order valence-corrected chi connectivity index (χ4v) is 10.3. The minimum absolute atomic E-state index is 0.0759. The smallest absolute Gasteiger partial charge is 0.305 e. The SMILES string of the molecule is CC(=O)OC1CC[C@@]2(C)C(C1)CC(OC(C)=O)[C@H]1[C@@H]3CC[C@H]([C@H](C)CCC(=O)OCCS(=O)(=O)O)C3(C)C(OC(C)=O)C[C@@H]12. The highest BCUT2D eigenvalue weighted by molar-refractivity contribution is 7.85. The van der Waals surface area contributed by atoms with Gasteiger partial charge in [0, 0.05) is 38.5 Å². The van der Waals surface area contributed by atoms with Crippen LogP contribution < -0.4 is 0 Å². The second kappa shape index (κ2) is 13.3. The van der Waals surface area contributed by atoms with Crippen LogP contribution in [0.15, 0.2) is 0 Å². The molecule has 4 aliphatic rings. The molecule has 1 N–H and O–H groups in total. The number of hydrogen-bond donors (Lipinski definition) is 1. The maximum absolute atomic E-state index is 12.5. The molecule has 4 fully saturated rings. The molecule has 0 aromatic heterocycles. The lowest BCUT2D eigenvalue weighted by Gasteiger charge is -2.64. The topological polar surface area (TPSA) is 160 Å². The number of ether oxygens (including phenoxy) is 4. The van der Waals surface area contributed by atoms with Gasteiger partial charge in [-0.15, -0.1) is 0 Å². The van der Waals surface area contributed by atoms with Crippen LogP contribution in [-0.2, 0) is 48.2 Å². The Labute approximate surface area is 261 Å². The second-order valence-corrected chi connectivity index (χ2v) is 15.9. The van der Waals surface area contributed by atoms with E-state index in [2.05, 4.69) is 20.8 Å². The van der Waals surface area contributed by atoms with Crippen LogP contribution in [0, 0.1) is 46.3 Å². The summed E-state index contributed by atoms with van der Waals surface area (Å²) in [6, 6.07) is 0. The molecule has 44 heavy (non-hydrogen) atoms. The van der Waals surface area contributed by atoms with Gasteiger partial charge in [-0.05, 0) is 86.4 Å². The van der Waals surface area contributed by atoms with Crippen molar-refractivity contribution in [3.05, 3.63) is 0 Å². The Kier molecular flexibility index (Phi) is 10.4. The van der Waals surface area contributed by atoms with Crippen molar-refractivity contribution in [3.63, 3.8) is 0 Å². The molecular formula is C32H50O11S. The molecule has 0 amide bonds. The van der Waals surface area contributed by atoms with Crippen LogP contribution in [0.1, 0.15) is 99.3 Å². The third-order valence-electron chi connectivity index (χ3n) is 11.8. The summed E-state index contributed by atoms with van der Waals surface area (Å²) < 4.78 is 53.7. The first-order valence-electron chi connectivity index (χ1n) is 16.1. The minimum Gasteiger partial charge on any atom is -0.464 e. The second-order valence-electron chi connectivity index (χ2n) is 14.3. The fourth-order valence-electron chi connectivity index (χ4n) is 10.00. The van der Waals surface area contributed by atoms with E-state index in [9.17, 15) is 27.6 Å². The molecule has 0 heterocycles. The summed E-state index contributed by atoms with van der Waals surface area (Å²) in [5.74, 6) is -1.33. The Hall–Kier alpha value is -2.21. The van der Waals surface area contributed by atoms with Crippen molar-refractivity contribution in [1.82, 2.24) is 0 Å². The molecule has 4 aliphatic carbocycles. The van der Waals surface area contributed by atoms with E-state index < -0.39 is 33.9 Å². The summed E-state index contributed by atoms with van der Waals surface area (Å²) in [5.41, 5.74) is -0.495. The van der Waals surface area contributed by atoms with Gasteiger partial charge < -0.3 is 18.9 Å². The normalized spacial score (nSPS) is 38.7. The van der Waals surface area contributed by atoms with Gasteiger partial charge in [0.05, 0.1) is 0 Å². The van der Waals surface area contributed by atoms with Crippen molar-refractivity contribution in [2.75, 3.05) is 12.4 Å². The Morgan fingerprint density at radius 2 is 1.55 bits per heavy atom. The zero-order valence-corrected chi connectivity index (χ0v) is 27.7. The lowest BCUT2D eigenvalue weighted by Crippen LogP contribution is -2.63. The summed E-state index contributed by atoms with van der Waals surface area (Å²) in [7, 11) is -4.21. The van der Waals surface area contributed by atoms with Crippen molar-refractivity contribution >= 4 is 34.0 Å². The number of rotatable bonds is 10. The van der Waals surface area contributed by atoms with Crippen LogP contribution in [0.5, 0.6) is 0 Å². The summed E-state index contributed by atoms with van der Waals surface area (Å²) >= 11 is 0. The van der Waals surface area contributed by atoms with E-state index in [1.54, 1.807) is 0 Å². The lowest BCUT2D eigenvalue weighted by molar-refractivity contribution is -0.224. The van der Waals surface area contributed by atoms with Gasteiger partial charge in [-0.25, -0.2) is 0 Å². The molecule has 0 spiro atoms. The van der Waals surface area contributed by atoms with Gasteiger partial charge in [-0.1, -0.05) is 20.8 Å². The van der Waals surface area contributed by atoms with Crippen molar-refractivity contribution in [2.24, 2.45) is 46.3 Å². The van der Waals surface area contributed by atoms with Gasteiger partial charge in [0.25, 0.3) is 10.1 Å². The summed E-state index contributed by atoms with van der Waals surface area (Å²) in [6.07, 6.45) is 5.32. The van der Waals surface area contributed by atoms with Gasteiger partial charge in [-0.3, -0.25) is 23.7 Å². The molecule has 0 bridgehead atoms. The van der Waals surface area contributed by atoms with E-state index in [1.165, 1.54) is 20.8 Å². The van der Waals surface area contributed by atoms with Gasteiger partial charge >= 0.3 is 23.9 Å². The van der Waals surface area contributed by atoms with E-state index in [0.29, 0.717) is 19.3 Å². The first-order valence-corrected chi connectivity index (χ1v) is 17.7. The maximum atomic E-state index is 12.5. The Bertz CT molecular complexity index is 1220. The summed E-state index contributed by atoms with van der Waals surface area (Å²) in [4.78, 5) is 49.1. The van der Waals surface area contributed by atoms with E-state index in [1.807, 2.05) is 0 Å². The van der Waals surface area contributed by atoms with Crippen LogP contribution in [0.2, 0.25) is 0 Å². The van der Waals surface area contributed by atoms with E-state index in [4.69, 9.17) is 23.5 Å². The summed E-state index contributed by atoms with van der Waals surface area (Å²) in [6.45, 7) is 10.5. The Morgan fingerprint density at radius 1 is 0.886 bits per heavy atom. The highest BCUT2D eigenvalue weighted by Crippen LogP contribution is 2.69. The van der Waals surface area contributed by atoms with Gasteiger partial charge in [0.2, 0.25) is 0 Å². The van der Waals surface area contributed by atoms with Crippen LogP contribution >= 0.6 is 0 Å². The zero-order chi connectivity index (χ0) is 32.6. The number of hydrogen-bond acceptors (Lipinski definition) is 10. The third-order valence-corrected chi connectivity index (χ3v) is 12.5. The molecule has 4 rings (SSSR count). The quantitative estimate of drug-likeness (QED) is 0.203. The van der Waals surface area contributed by atoms with Gasteiger partial charge in [-0.2, -0.15) is 8.42 Å². The van der Waals surface area contributed by atoms with Crippen molar-refractivity contribution in [2.45, 2.75) is 118 Å². The molecule has 0 aromatic carbocycles. The number of esters is 4. The maximum Gasteiger partial charge on any atom is 0.305 e. The van der Waals surface area contributed by atoms with Crippen LogP contribution in [-0.4, -0.2) is 67.5 Å². The molecule has 0 saturated heterocycles. The number of fused-ring (bicyclic) bond motifs is 5. The highest BCUT2D eigenvalue weighted by atomic mass is 32.2. The van der Waals surface area contributed by atoms with Gasteiger partial charge in [0.15, 0.2) is 0 Å². The molecule has 0 aliphatic heterocycles.